The first kappa shape index (κ1) is 24.8. The highest BCUT2D eigenvalue weighted by Crippen LogP contribution is 2.33. The number of hydrogen-bond donors (Lipinski definition) is 2. The number of benzene rings is 3. The van der Waals surface area contributed by atoms with Crippen molar-refractivity contribution in [3.05, 3.63) is 91.4 Å². The largest absolute Gasteiger partial charge is 0.481 e. The Labute approximate surface area is 210 Å². The van der Waals surface area contributed by atoms with Crippen LogP contribution >= 0.6 is 39.1 Å². The van der Waals surface area contributed by atoms with Crippen molar-refractivity contribution in [3.8, 4) is 5.75 Å². The van der Waals surface area contributed by atoms with Gasteiger partial charge in [0.05, 0.1) is 16.3 Å². The molecule has 0 spiro atoms. The number of ether oxygens (including phenoxy) is 1. The first-order valence-corrected chi connectivity index (χ1v) is 11.4. The predicted molar refractivity (Wildman–Crippen MR) is 136 cm³/mol. The van der Waals surface area contributed by atoms with E-state index in [9.17, 15) is 9.59 Å². The van der Waals surface area contributed by atoms with Crippen molar-refractivity contribution >= 4 is 62.8 Å². The Balaban J connectivity index is 1.58. The highest BCUT2D eigenvalue weighted by atomic mass is 79.9. The zero-order chi connectivity index (χ0) is 24.0. The Morgan fingerprint density at radius 1 is 1.00 bits per heavy atom. The monoisotopic (exact) mass is 547 g/mol. The first-order valence-electron chi connectivity index (χ1n) is 9.81. The van der Waals surface area contributed by atoms with Crippen LogP contribution in [0.15, 0.2) is 64.2 Å². The minimum absolute atomic E-state index is 0.185. The molecule has 0 aromatic heterocycles. The molecule has 0 aliphatic rings. The van der Waals surface area contributed by atoms with Gasteiger partial charge in [-0.3, -0.25) is 9.59 Å². The molecule has 6 nitrogen and oxygen atoms in total. The van der Waals surface area contributed by atoms with Crippen molar-refractivity contribution in [1.82, 2.24) is 5.43 Å². The lowest BCUT2D eigenvalue weighted by Crippen LogP contribution is -2.20. The molecule has 0 fully saturated rings. The SMILES string of the molecule is Cc1ccc(NC(=O)COc2c(Cl)cc(/C=N/NC(=O)c3ccc(Br)cc3)cc2Cl)cc1C. The Morgan fingerprint density at radius 2 is 1.67 bits per heavy atom. The van der Waals surface area contributed by atoms with Gasteiger partial charge in [-0.2, -0.15) is 5.10 Å². The van der Waals surface area contributed by atoms with E-state index in [4.69, 9.17) is 27.9 Å². The van der Waals surface area contributed by atoms with Gasteiger partial charge in [-0.15, -0.1) is 0 Å². The molecule has 0 atom stereocenters. The topological polar surface area (TPSA) is 79.8 Å². The Hall–Kier alpha value is -2.87. The molecule has 0 aliphatic heterocycles. The molecule has 170 valence electrons. The molecule has 9 heteroatoms. The molecule has 0 saturated carbocycles. The second kappa shape index (κ2) is 11.3. The fourth-order valence-electron chi connectivity index (χ4n) is 2.78. The predicted octanol–water partition coefficient (Wildman–Crippen LogP) is 6.15. The fraction of sp³-hybridized carbons (Fsp3) is 0.125. The van der Waals surface area contributed by atoms with E-state index in [1.54, 1.807) is 36.4 Å². The van der Waals surface area contributed by atoms with Crippen LogP contribution in [0.25, 0.3) is 0 Å². The molecule has 3 aromatic carbocycles. The van der Waals surface area contributed by atoms with E-state index < -0.39 is 0 Å². The van der Waals surface area contributed by atoms with Crippen LogP contribution in [0.3, 0.4) is 0 Å². The van der Waals surface area contributed by atoms with Crippen LogP contribution < -0.4 is 15.5 Å². The van der Waals surface area contributed by atoms with Crippen molar-refractivity contribution < 1.29 is 14.3 Å². The average molecular weight is 549 g/mol. The summed E-state index contributed by atoms with van der Waals surface area (Å²) < 4.78 is 6.40. The minimum Gasteiger partial charge on any atom is -0.481 e. The lowest BCUT2D eigenvalue weighted by atomic mass is 10.1. The number of amides is 2. The minimum atomic E-state index is -0.356. The zero-order valence-electron chi connectivity index (χ0n) is 17.8. The molecule has 3 aromatic rings. The maximum Gasteiger partial charge on any atom is 0.271 e. The van der Waals surface area contributed by atoms with Crippen molar-refractivity contribution in [2.24, 2.45) is 5.10 Å². The lowest BCUT2D eigenvalue weighted by molar-refractivity contribution is -0.118. The maximum absolute atomic E-state index is 12.2. The summed E-state index contributed by atoms with van der Waals surface area (Å²) in [5.74, 6) is -0.512. The van der Waals surface area contributed by atoms with E-state index in [0.717, 1.165) is 15.6 Å². The van der Waals surface area contributed by atoms with Crippen LogP contribution in [0, 0.1) is 13.8 Å². The van der Waals surface area contributed by atoms with E-state index in [1.807, 2.05) is 32.0 Å². The van der Waals surface area contributed by atoms with Gasteiger partial charge in [-0.25, -0.2) is 5.43 Å². The van der Waals surface area contributed by atoms with Crippen molar-refractivity contribution in [1.29, 1.82) is 0 Å². The number of carbonyl (C=O) groups excluding carboxylic acids is 2. The zero-order valence-corrected chi connectivity index (χ0v) is 20.9. The number of carbonyl (C=O) groups is 2. The molecule has 2 N–H and O–H groups in total. The Morgan fingerprint density at radius 3 is 2.30 bits per heavy atom. The second-order valence-corrected chi connectivity index (χ2v) is 8.89. The summed E-state index contributed by atoms with van der Waals surface area (Å²) in [4.78, 5) is 24.3. The summed E-state index contributed by atoms with van der Waals surface area (Å²) in [6, 6.07) is 15.6. The molecular formula is C24H20BrCl2N3O3. The van der Waals surface area contributed by atoms with Crippen LogP contribution in [0.1, 0.15) is 27.0 Å². The van der Waals surface area contributed by atoms with Gasteiger partial charge in [-0.05, 0) is 79.1 Å². The van der Waals surface area contributed by atoms with Crippen molar-refractivity contribution in [2.75, 3.05) is 11.9 Å². The number of aryl methyl sites for hydroxylation is 2. The molecule has 0 bridgehead atoms. The van der Waals surface area contributed by atoms with Crippen LogP contribution in [0.4, 0.5) is 5.69 Å². The third-order valence-corrected chi connectivity index (χ3v) is 5.74. The van der Waals surface area contributed by atoms with E-state index in [0.29, 0.717) is 16.8 Å². The van der Waals surface area contributed by atoms with Gasteiger partial charge < -0.3 is 10.1 Å². The summed E-state index contributed by atoms with van der Waals surface area (Å²) in [6.07, 6.45) is 1.41. The standard InChI is InChI=1S/C24H20BrCl2N3O3/c1-14-3-8-19(9-15(14)2)29-22(31)13-33-23-20(26)10-16(11-21(23)27)12-28-30-24(32)17-4-6-18(25)7-5-17/h3-12H,13H2,1-2H3,(H,29,31)(H,30,32)/b28-12+. The molecular weight excluding hydrogens is 529 g/mol. The van der Waals surface area contributed by atoms with Gasteiger partial charge in [0.15, 0.2) is 12.4 Å². The van der Waals surface area contributed by atoms with Crippen molar-refractivity contribution in [2.45, 2.75) is 13.8 Å². The number of anilines is 1. The summed E-state index contributed by atoms with van der Waals surface area (Å²) in [6.45, 7) is 3.71. The number of halogens is 3. The third-order valence-electron chi connectivity index (χ3n) is 4.65. The summed E-state index contributed by atoms with van der Waals surface area (Å²) >= 11 is 15.9. The highest BCUT2D eigenvalue weighted by molar-refractivity contribution is 9.10. The van der Waals surface area contributed by atoms with Crippen LogP contribution in [-0.2, 0) is 4.79 Å². The third kappa shape index (κ3) is 7.05. The molecule has 0 heterocycles. The summed E-state index contributed by atoms with van der Waals surface area (Å²) in [5.41, 5.74) is 6.35. The van der Waals surface area contributed by atoms with Crippen LogP contribution in [0.2, 0.25) is 10.0 Å². The smallest absolute Gasteiger partial charge is 0.271 e. The van der Waals surface area contributed by atoms with Gasteiger partial charge in [0.2, 0.25) is 0 Å². The number of rotatable bonds is 7. The second-order valence-electron chi connectivity index (χ2n) is 7.16. The van der Waals surface area contributed by atoms with Gasteiger partial charge in [0.25, 0.3) is 11.8 Å². The average Bonchev–Trinajstić information content (AvgIpc) is 2.76. The maximum atomic E-state index is 12.2. The van der Waals surface area contributed by atoms with Crippen molar-refractivity contribution in [3.63, 3.8) is 0 Å². The first-order chi connectivity index (χ1) is 15.7. The van der Waals surface area contributed by atoms with E-state index in [1.165, 1.54) is 6.21 Å². The van der Waals surface area contributed by atoms with Gasteiger partial charge in [0, 0.05) is 15.7 Å². The summed E-state index contributed by atoms with van der Waals surface area (Å²) in [7, 11) is 0. The number of nitrogens with one attached hydrogen (secondary N) is 2. The number of nitrogens with zero attached hydrogens (tertiary/aromatic N) is 1. The summed E-state index contributed by atoms with van der Waals surface area (Å²) in [5, 5.41) is 7.12. The molecule has 0 unspecified atom stereocenters. The van der Waals surface area contributed by atoms with Crippen LogP contribution in [-0.4, -0.2) is 24.6 Å². The lowest BCUT2D eigenvalue weighted by Gasteiger charge is -2.12. The van der Waals surface area contributed by atoms with E-state index in [-0.39, 0.29) is 34.2 Å². The number of hydrogen-bond acceptors (Lipinski definition) is 4. The molecule has 0 saturated heterocycles. The van der Waals surface area contributed by atoms with Gasteiger partial charge in [0.1, 0.15) is 0 Å². The Kier molecular flexibility index (Phi) is 8.49. The van der Waals surface area contributed by atoms with E-state index >= 15 is 0 Å². The molecule has 3 rings (SSSR count). The Bertz CT molecular complexity index is 1190. The molecule has 2 amide bonds. The normalized spacial score (nSPS) is 10.8. The van der Waals surface area contributed by atoms with E-state index in [2.05, 4.69) is 31.8 Å². The highest BCUT2D eigenvalue weighted by Gasteiger charge is 2.12. The molecule has 0 aliphatic carbocycles. The van der Waals surface area contributed by atoms with Gasteiger partial charge >= 0.3 is 0 Å². The number of hydrazone groups is 1. The fourth-order valence-corrected chi connectivity index (χ4v) is 3.65. The molecule has 33 heavy (non-hydrogen) atoms. The molecule has 0 radical (unpaired) electrons. The van der Waals surface area contributed by atoms with Crippen LogP contribution in [0.5, 0.6) is 5.75 Å². The quantitative estimate of drug-likeness (QED) is 0.274. The van der Waals surface area contributed by atoms with Gasteiger partial charge in [-0.1, -0.05) is 45.2 Å².